The highest BCUT2D eigenvalue weighted by Gasteiger charge is 2.23. The zero-order chi connectivity index (χ0) is 17.8. The van der Waals surface area contributed by atoms with E-state index in [1.165, 1.54) is 18.3 Å². The van der Waals surface area contributed by atoms with Crippen LogP contribution in [-0.4, -0.2) is 29.8 Å². The Hall–Kier alpha value is -2.80. The van der Waals surface area contributed by atoms with Crippen LogP contribution >= 0.6 is 11.6 Å². The molecule has 0 radical (unpaired) electrons. The van der Waals surface area contributed by atoms with Crippen LogP contribution in [0, 0.1) is 0 Å². The number of amides is 1. The number of benzene rings is 1. The average Bonchev–Trinajstić information content (AvgIpc) is 3.07. The van der Waals surface area contributed by atoms with Gasteiger partial charge >= 0.3 is 5.97 Å². The van der Waals surface area contributed by atoms with Crippen LogP contribution in [0.15, 0.2) is 36.5 Å². The van der Waals surface area contributed by atoms with Crippen molar-refractivity contribution in [2.24, 2.45) is 0 Å². The number of halogens is 1. The van der Waals surface area contributed by atoms with E-state index < -0.39 is 18.0 Å². The third-order valence-corrected chi connectivity index (χ3v) is 3.72. The maximum Gasteiger partial charge on any atom is 0.339 e. The molecular formula is C17H15ClN2O5. The van der Waals surface area contributed by atoms with E-state index in [4.69, 9.17) is 25.8 Å². The van der Waals surface area contributed by atoms with Gasteiger partial charge in [0.05, 0.1) is 5.56 Å². The van der Waals surface area contributed by atoms with Crippen molar-refractivity contribution in [1.29, 1.82) is 0 Å². The third-order valence-electron chi connectivity index (χ3n) is 3.51. The first-order chi connectivity index (χ1) is 12.1. The Morgan fingerprint density at radius 3 is 2.84 bits per heavy atom. The number of esters is 1. The molecule has 0 bridgehead atoms. The fourth-order valence-corrected chi connectivity index (χ4v) is 2.42. The molecule has 0 saturated heterocycles. The van der Waals surface area contributed by atoms with Crippen molar-refractivity contribution in [2.45, 2.75) is 19.4 Å². The first kappa shape index (κ1) is 17.0. The van der Waals surface area contributed by atoms with Gasteiger partial charge in [-0.25, -0.2) is 9.78 Å². The number of hydrogen-bond donors (Lipinski definition) is 1. The van der Waals surface area contributed by atoms with E-state index in [0.717, 1.165) is 0 Å². The van der Waals surface area contributed by atoms with Crippen molar-refractivity contribution >= 4 is 29.2 Å². The van der Waals surface area contributed by atoms with Gasteiger partial charge in [0, 0.05) is 18.0 Å². The number of nitrogens with one attached hydrogen (secondary N) is 1. The summed E-state index contributed by atoms with van der Waals surface area (Å²) in [4.78, 5) is 28.3. The molecule has 1 aliphatic rings. The molecule has 1 aromatic heterocycles. The minimum atomic E-state index is -0.940. The third kappa shape index (κ3) is 4.00. The number of pyridine rings is 1. The van der Waals surface area contributed by atoms with Crippen LogP contribution in [0.4, 0.5) is 5.69 Å². The Balaban J connectivity index is 1.66. The highest BCUT2D eigenvalue weighted by molar-refractivity contribution is 6.29. The quantitative estimate of drug-likeness (QED) is 0.649. The second-order valence-electron chi connectivity index (χ2n) is 5.23. The Morgan fingerprint density at radius 1 is 1.28 bits per heavy atom. The molecule has 2 aromatic rings. The largest absolute Gasteiger partial charge is 0.454 e. The predicted molar refractivity (Wildman–Crippen MR) is 89.9 cm³/mol. The fraction of sp³-hybridized carbons (Fsp3) is 0.235. The summed E-state index contributed by atoms with van der Waals surface area (Å²) in [6.07, 6.45) is 0.776. The summed E-state index contributed by atoms with van der Waals surface area (Å²) < 4.78 is 15.8. The van der Waals surface area contributed by atoms with E-state index in [1.54, 1.807) is 25.1 Å². The van der Waals surface area contributed by atoms with Gasteiger partial charge in [0.25, 0.3) is 5.91 Å². The molecule has 0 fully saturated rings. The molecule has 1 atom stereocenters. The maximum atomic E-state index is 12.4. The molecular weight excluding hydrogens is 348 g/mol. The predicted octanol–water partition coefficient (Wildman–Crippen LogP) is 3.04. The molecule has 1 aromatic carbocycles. The monoisotopic (exact) mass is 362 g/mol. The fourth-order valence-electron chi connectivity index (χ4n) is 2.25. The second kappa shape index (κ2) is 7.40. The number of hydrogen-bond acceptors (Lipinski definition) is 6. The number of fused-ring (bicyclic) bond motifs is 1. The first-order valence-electron chi connectivity index (χ1n) is 7.60. The van der Waals surface area contributed by atoms with Crippen LogP contribution in [0.25, 0.3) is 0 Å². The van der Waals surface area contributed by atoms with Crippen molar-refractivity contribution in [3.63, 3.8) is 0 Å². The van der Waals surface area contributed by atoms with E-state index in [0.29, 0.717) is 23.6 Å². The topological polar surface area (TPSA) is 86.8 Å². The second-order valence-corrected chi connectivity index (χ2v) is 5.61. The summed E-state index contributed by atoms with van der Waals surface area (Å²) in [6.45, 7) is 1.90. The van der Waals surface area contributed by atoms with Gasteiger partial charge < -0.3 is 19.5 Å². The standard InChI is InChI=1S/C17H15ClN2O5/c1-2-12(25-17(22)10-5-6-19-15(18)7-10)16(21)20-11-3-4-13-14(8-11)24-9-23-13/h3-8,12H,2,9H2,1H3,(H,20,21). The van der Waals surface area contributed by atoms with Gasteiger partial charge in [0.1, 0.15) is 5.15 Å². The van der Waals surface area contributed by atoms with Gasteiger partial charge in [-0.3, -0.25) is 4.79 Å². The van der Waals surface area contributed by atoms with Gasteiger partial charge in [-0.2, -0.15) is 0 Å². The van der Waals surface area contributed by atoms with Crippen molar-refractivity contribution in [3.05, 3.63) is 47.2 Å². The number of anilines is 1. The minimum Gasteiger partial charge on any atom is -0.454 e. The van der Waals surface area contributed by atoms with Crippen LogP contribution in [0.2, 0.25) is 5.15 Å². The Labute approximate surface area is 148 Å². The highest BCUT2D eigenvalue weighted by Crippen LogP contribution is 2.34. The lowest BCUT2D eigenvalue weighted by Gasteiger charge is -2.16. The number of aromatic nitrogens is 1. The van der Waals surface area contributed by atoms with Crippen molar-refractivity contribution in [1.82, 2.24) is 4.98 Å². The number of ether oxygens (including phenoxy) is 3. The summed E-state index contributed by atoms with van der Waals surface area (Å²) in [5, 5.41) is 2.87. The summed E-state index contributed by atoms with van der Waals surface area (Å²) in [5.74, 6) is 0.0900. The summed E-state index contributed by atoms with van der Waals surface area (Å²) in [5.41, 5.74) is 0.755. The molecule has 3 rings (SSSR count). The lowest BCUT2D eigenvalue weighted by Crippen LogP contribution is -2.32. The number of nitrogens with zero attached hydrogens (tertiary/aromatic N) is 1. The highest BCUT2D eigenvalue weighted by atomic mass is 35.5. The van der Waals surface area contributed by atoms with Crippen molar-refractivity contribution in [3.8, 4) is 11.5 Å². The van der Waals surface area contributed by atoms with Gasteiger partial charge in [0.15, 0.2) is 17.6 Å². The molecule has 25 heavy (non-hydrogen) atoms. The van der Waals surface area contributed by atoms with E-state index in [-0.39, 0.29) is 17.5 Å². The molecule has 2 heterocycles. The van der Waals surface area contributed by atoms with E-state index in [2.05, 4.69) is 10.3 Å². The molecule has 1 amide bonds. The van der Waals surface area contributed by atoms with E-state index >= 15 is 0 Å². The Bertz CT molecular complexity index is 811. The summed E-state index contributed by atoms with van der Waals surface area (Å²) in [6, 6.07) is 7.88. The smallest absolute Gasteiger partial charge is 0.339 e. The van der Waals surface area contributed by atoms with Gasteiger partial charge in [-0.05, 0) is 30.7 Å². The lowest BCUT2D eigenvalue weighted by molar-refractivity contribution is -0.124. The Morgan fingerprint density at radius 2 is 2.08 bits per heavy atom. The zero-order valence-electron chi connectivity index (χ0n) is 13.3. The van der Waals surface area contributed by atoms with Gasteiger partial charge in [-0.15, -0.1) is 0 Å². The molecule has 0 saturated carbocycles. The number of carbonyl (C=O) groups is 2. The lowest BCUT2D eigenvalue weighted by atomic mass is 10.2. The molecule has 1 aliphatic heterocycles. The summed E-state index contributed by atoms with van der Waals surface area (Å²) >= 11 is 5.76. The average molecular weight is 363 g/mol. The van der Waals surface area contributed by atoms with Crippen LogP contribution < -0.4 is 14.8 Å². The molecule has 130 valence electrons. The SMILES string of the molecule is CCC(OC(=O)c1ccnc(Cl)c1)C(=O)Nc1ccc2c(c1)OCO2. The van der Waals surface area contributed by atoms with Crippen LogP contribution in [-0.2, 0) is 9.53 Å². The number of rotatable bonds is 5. The minimum absolute atomic E-state index is 0.149. The van der Waals surface area contributed by atoms with Crippen LogP contribution in [0.3, 0.4) is 0 Å². The molecule has 1 unspecified atom stereocenters. The molecule has 1 N–H and O–H groups in total. The van der Waals surface area contributed by atoms with Crippen molar-refractivity contribution < 1.29 is 23.8 Å². The van der Waals surface area contributed by atoms with Gasteiger partial charge in [0.2, 0.25) is 6.79 Å². The van der Waals surface area contributed by atoms with Crippen molar-refractivity contribution in [2.75, 3.05) is 12.1 Å². The molecule has 0 aliphatic carbocycles. The van der Waals surface area contributed by atoms with Crippen LogP contribution in [0.5, 0.6) is 11.5 Å². The first-order valence-corrected chi connectivity index (χ1v) is 7.97. The van der Waals surface area contributed by atoms with E-state index in [9.17, 15) is 9.59 Å². The summed E-state index contributed by atoms with van der Waals surface area (Å²) in [7, 11) is 0. The van der Waals surface area contributed by atoms with Crippen LogP contribution in [0.1, 0.15) is 23.7 Å². The molecule has 8 heteroatoms. The zero-order valence-corrected chi connectivity index (χ0v) is 14.1. The maximum absolute atomic E-state index is 12.4. The molecule has 0 spiro atoms. The molecule has 7 nitrogen and oxygen atoms in total. The van der Waals surface area contributed by atoms with E-state index in [1.807, 2.05) is 0 Å². The van der Waals surface area contributed by atoms with Gasteiger partial charge in [-0.1, -0.05) is 18.5 Å². The normalized spacial score (nSPS) is 13.2. The number of carbonyl (C=O) groups excluding carboxylic acids is 2. The Kier molecular flexibility index (Phi) is 5.04.